The standard InChI is InChI=1S/C24H37N7O2S/c1-30-10-7-24(17-25,8-11-30)29-21(32)19(15-18-5-3-2-4-6-18)28-23(26)31-12-13-33-16-20(31)22-27-9-14-34-22/h9,14,18-20H,2-8,10-13,15-16H2,1H3,(H2,26,28)(H,29,32). The zero-order valence-corrected chi connectivity index (χ0v) is 20.9. The van der Waals surface area contributed by atoms with Crippen molar-refractivity contribution in [1.29, 1.82) is 10.7 Å². The number of nitrogens with zero attached hydrogens (tertiary/aromatic N) is 4. The number of amides is 1. The van der Waals surface area contributed by atoms with Gasteiger partial charge in [0.05, 0.1) is 19.3 Å². The van der Waals surface area contributed by atoms with Gasteiger partial charge in [0.15, 0.2) is 5.96 Å². The molecule has 0 bridgehead atoms. The molecule has 1 amide bonds. The number of carbonyl (C=O) groups excluding carboxylic acids is 1. The van der Waals surface area contributed by atoms with Crippen LogP contribution in [0.5, 0.6) is 0 Å². The Balaban J connectivity index is 1.47. The first-order valence-corrected chi connectivity index (χ1v) is 13.4. The first-order valence-electron chi connectivity index (χ1n) is 12.5. The van der Waals surface area contributed by atoms with E-state index in [4.69, 9.17) is 10.1 Å². The molecule has 2 unspecified atom stereocenters. The molecule has 2 atom stereocenters. The summed E-state index contributed by atoms with van der Waals surface area (Å²) < 4.78 is 5.68. The Kier molecular flexibility index (Phi) is 8.40. The second-order valence-corrected chi connectivity index (χ2v) is 10.9. The van der Waals surface area contributed by atoms with Crippen LogP contribution in [0.25, 0.3) is 0 Å². The molecule has 1 saturated carbocycles. The van der Waals surface area contributed by atoms with Crippen molar-refractivity contribution in [1.82, 2.24) is 25.4 Å². The van der Waals surface area contributed by atoms with Crippen molar-refractivity contribution in [2.24, 2.45) is 5.92 Å². The number of aromatic nitrogens is 1. The second-order valence-electron chi connectivity index (χ2n) is 9.93. The monoisotopic (exact) mass is 487 g/mol. The predicted molar refractivity (Wildman–Crippen MR) is 131 cm³/mol. The van der Waals surface area contributed by atoms with Crippen LogP contribution in [0.3, 0.4) is 0 Å². The Hall–Kier alpha value is -2.22. The number of hydrogen-bond acceptors (Lipinski definition) is 7. The number of nitrogens with one attached hydrogen (secondary N) is 3. The quantitative estimate of drug-likeness (QED) is 0.417. The lowest BCUT2D eigenvalue weighted by molar-refractivity contribution is -0.125. The zero-order valence-electron chi connectivity index (χ0n) is 20.1. The van der Waals surface area contributed by atoms with Gasteiger partial charge in [0.25, 0.3) is 0 Å². The van der Waals surface area contributed by atoms with E-state index in [0.717, 1.165) is 30.9 Å². The van der Waals surface area contributed by atoms with E-state index < -0.39 is 11.6 Å². The average Bonchev–Trinajstić information content (AvgIpc) is 3.41. The van der Waals surface area contributed by atoms with E-state index in [0.29, 0.717) is 44.9 Å². The van der Waals surface area contributed by atoms with Crippen molar-refractivity contribution in [3.8, 4) is 6.07 Å². The van der Waals surface area contributed by atoms with Crippen LogP contribution in [0.4, 0.5) is 0 Å². The lowest BCUT2D eigenvalue weighted by Crippen LogP contribution is -2.60. The minimum Gasteiger partial charge on any atom is -0.377 e. The number of piperidine rings is 1. The van der Waals surface area contributed by atoms with E-state index in [1.54, 1.807) is 17.5 Å². The van der Waals surface area contributed by atoms with E-state index in [2.05, 4.69) is 26.6 Å². The molecule has 2 saturated heterocycles. The van der Waals surface area contributed by atoms with Crippen LogP contribution in [-0.2, 0) is 9.53 Å². The summed E-state index contributed by atoms with van der Waals surface area (Å²) in [6, 6.07) is 1.72. The minimum absolute atomic E-state index is 0.133. The molecule has 186 valence electrons. The molecule has 0 aromatic carbocycles. The number of thiazole rings is 1. The summed E-state index contributed by atoms with van der Waals surface area (Å²) in [5, 5.41) is 28.0. The molecule has 1 aromatic rings. The van der Waals surface area contributed by atoms with Gasteiger partial charge in [-0.25, -0.2) is 4.98 Å². The van der Waals surface area contributed by atoms with Gasteiger partial charge in [-0.2, -0.15) is 5.26 Å². The van der Waals surface area contributed by atoms with Crippen LogP contribution in [0, 0.1) is 22.7 Å². The molecule has 1 aliphatic carbocycles. The lowest BCUT2D eigenvalue weighted by Gasteiger charge is -2.39. The van der Waals surface area contributed by atoms with Gasteiger partial charge < -0.3 is 25.2 Å². The lowest BCUT2D eigenvalue weighted by atomic mass is 9.84. The van der Waals surface area contributed by atoms with Crippen LogP contribution in [-0.4, -0.2) is 78.1 Å². The van der Waals surface area contributed by atoms with Gasteiger partial charge in [0.1, 0.15) is 22.6 Å². The van der Waals surface area contributed by atoms with Crippen molar-refractivity contribution >= 4 is 23.2 Å². The Labute approximate surface area is 206 Å². The number of nitriles is 1. The Bertz CT molecular complexity index is 857. The maximum Gasteiger partial charge on any atom is 0.243 e. The van der Waals surface area contributed by atoms with Gasteiger partial charge in [0.2, 0.25) is 5.91 Å². The third kappa shape index (κ3) is 6.06. The largest absolute Gasteiger partial charge is 0.377 e. The van der Waals surface area contributed by atoms with Crippen molar-refractivity contribution in [2.45, 2.75) is 69.0 Å². The number of ether oxygens (including phenoxy) is 1. The third-order valence-electron chi connectivity index (χ3n) is 7.49. The molecule has 9 nitrogen and oxygen atoms in total. The fraction of sp³-hybridized carbons (Fsp3) is 0.750. The normalized spacial score (nSPS) is 24.7. The van der Waals surface area contributed by atoms with Crippen LogP contribution >= 0.6 is 11.3 Å². The number of guanidine groups is 1. The maximum atomic E-state index is 13.6. The molecule has 3 heterocycles. The van der Waals surface area contributed by atoms with E-state index >= 15 is 0 Å². The van der Waals surface area contributed by atoms with Gasteiger partial charge in [-0.1, -0.05) is 32.1 Å². The summed E-state index contributed by atoms with van der Waals surface area (Å²) in [4.78, 5) is 22.2. The summed E-state index contributed by atoms with van der Waals surface area (Å²) in [6.07, 6.45) is 9.57. The highest BCUT2D eigenvalue weighted by Gasteiger charge is 2.38. The third-order valence-corrected chi connectivity index (χ3v) is 8.37. The van der Waals surface area contributed by atoms with Crippen molar-refractivity contribution in [3.05, 3.63) is 16.6 Å². The van der Waals surface area contributed by atoms with E-state index in [9.17, 15) is 10.1 Å². The van der Waals surface area contributed by atoms with Gasteiger partial charge in [-0.15, -0.1) is 11.3 Å². The SMILES string of the molecule is CN1CCC(C#N)(NC(=O)C(CC2CCCCC2)NC(=N)N2CCOCC2c2nccs2)CC1. The van der Waals surface area contributed by atoms with Crippen LogP contribution in [0.15, 0.2) is 11.6 Å². The van der Waals surface area contributed by atoms with Crippen molar-refractivity contribution < 1.29 is 9.53 Å². The Morgan fingerprint density at radius 2 is 2.12 bits per heavy atom. The summed E-state index contributed by atoms with van der Waals surface area (Å²) in [5.74, 6) is 0.522. The van der Waals surface area contributed by atoms with E-state index in [-0.39, 0.29) is 17.9 Å². The fourth-order valence-corrected chi connectivity index (χ4v) is 6.03. The molecular weight excluding hydrogens is 450 g/mol. The van der Waals surface area contributed by atoms with Gasteiger partial charge in [0, 0.05) is 31.2 Å². The van der Waals surface area contributed by atoms with Crippen LogP contribution in [0.1, 0.15) is 62.4 Å². The predicted octanol–water partition coefficient (Wildman–Crippen LogP) is 2.48. The van der Waals surface area contributed by atoms with Gasteiger partial charge >= 0.3 is 0 Å². The minimum atomic E-state index is -0.833. The number of morpholine rings is 1. The molecule has 1 aromatic heterocycles. The summed E-state index contributed by atoms with van der Waals surface area (Å²) >= 11 is 1.55. The van der Waals surface area contributed by atoms with Gasteiger partial charge in [-0.05, 0) is 32.2 Å². The number of likely N-dealkylation sites (tertiary alicyclic amines) is 1. The van der Waals surface area contributed by atoms with E-state index in [1.165, 1.54) is 19.3 Å². The fourth-order valence-electron chi connectivity index (χ4n) is 5.30. The molecule has 4 rings (SSSR count). The number of carbonyl (C=O) groups is 1. The first kappa shape index (κ1) is 24.9. The zero-order chi connectivity index (χ0) is 24.0. The highest BCUT2D eigenvalue weighted by Crippen LogP contribution is 2.29. The van der Waals surface area contributed by atoms with Crippen molar-refractivity contribution in [3.63, 3.8) is 0 Å². The van der Waals surface area contributed by atoms with Crippen LogP contribution in [0.2, 0.25) is 0 Å². The highest BCUT2D eigenvalue weighted by molar-refractivity contribution is 7.09. The summed E-state index contributed by atoms with van der Waals surface area (Å²) in [7, 11) is 2.04. The first-order chi connectivity index (χ1) is 16.5. The van der Waals surface area contributed by atoms with Crippen LogP contribution < -0.4 is 10.6 Å². The highest BCUT2D eigenvalue weighted by atomic mass is 32.1. The van der Waals surface area contributed by atoms with E-state index in [1.807, 2.05) is 17.3 Å². The number of rotatable bonds is 6. The number of hydrogen-bond donors (Lipinski definition) is 3. The maximum absolute atomic E-state index is 13.6. The molecule has 3 aliphatic rings. The topological polar surface area (TPSA) is 117 Å². The molecule has 0 spiro atoms. The Morgan fingerprint density at radius 1 is 1.35 bits per heavy atom. The Morgan fingerprint density at radius 3 is 2.79 bits per heavy atom. The second kappa shape index (κ2) is 11.5. The molecule has 34 heavy (non-hydrogen) atoms. The van der Waals surface area contributed by atoms with Gasteiger partial charge in [-0.3, -0.25) is 10.2 Å². The van der Waals surface area contributed by atoms with Crippen molar-refractivity contribution in [2.75, 3.05) is 39.9 Å². The molecule has 2 aliphatic heterocycles. The molecule has 3 fully saturated rings. The summed E-state index contributed by atoms with van der Waals surface area (Å²) in [5.41, 5.74) is -0.833. The molecule has 10 heteroatoms. The molecule has 3 N–H and O–H groups in total. The summed E-state index contributed by atoms with van der Waals surface area (Å²) in [6.45, 7) is 3.15. The molecule has 0 radical (unpaired) electrons. The molecular formula is C24H37N7O2S. The average molecular weight is 488 g/mol. The smallest absolute Gasteiger partial charge is 0.243 e.